The lowest BCUT2D eigenvalue weighted by molar-refractivity contribution is -0.113. The zero-order chi connectivity index (χ0) is 15.4. The number of hydrogen-bond donors (Lipinski definition) is 2. The molecule has 2 N–H and O–H groups in total. The molecule has 0 aliphatic heterocycles. The summed E-state index contributed by atoms with van der Waals surface area (Å²) in [5, 5.41) is 13.0. The molecule has 0 saturated carbocycles. The zero-order valence-corrected chi connectivity index (χ0v) is 13.3. The van der Waals surface area contributed by atoms with E-state index in [4.69, 9.17) is 28.3 Å². The van der Waals surface area contributed by atoms with E-state index < -0.39 is 0 Å². The summed E-state index contributed by atoms with van der Waals surface area (Å²) in [6.07, 6.45) is 2.97. The highest BCUT2D eigenvalue weighted by Gasteiger charge is 2.11. The second kappa shape index (κ2) is 7.13. The molecule has 0 aromatic carbocycles. The molecule has 0 aliphatic carbocycles. The number of imidazole rings is 1. The van der Waals surface area contributed by atoms with Crippen LogP contribution in [0.1, 0.15) is 5.69 Å². The van der Waals surface area contributed by atoms with E-state index in [2.05, 4.69) is 15.3 Å². The molecule has 2 heterocycles. The Morgan fingerprint density at radius 3 is 2.81 bits per heavy atom. The first-order chi connectivity index (χ1) is 10.0. The minimum Gasteiger partial charge on any atom is -0.390 e. The summed E-state index contributed by atoms with van der Waals surface area (Å²) in [6, 6.07) is 1.51. The second-order valence-electron chi connectivity index (χ2n) is 4.07. The van der Waals surface area contributed by atoms with Gasteiger partial charge in [0.25, 0.3) is 0 Å². The molecule has 0 radical (unpaired) electrons. The summed E-state index contributed by atoms with van der Waals surface area (Å²) in [7, 11) is 1.77. The first-order valence-corrected chi connectivity index (χ1v) is 7.60. The number of aliphatic hydroxyl groups is 1. The van der Waals surface area contributed by atoms with Crippen molar-refractivity contribution in [2.24, 2.45) is 7.05 Å². The van der Waals surface area contributed by atoms with E-state index in [9.17, 15) is 4.79 Å². The monoisotopic (exact) mass is 346 g/mol. The highest BCUT2D eigenvalue weighted by molar-refractivity contribution is 7.99. The number of anilines is 1. The quantitative estimate of drug-likeness (QED) is 0.812. The number of hydrogen-bond acceptors (Lipinski definition) is 5. The van der Waals surface area contributed by atoms with Crippen molar-refractivity contribution in [2.45, 2.75) is 11.8 Å². The van der Waals surface area contributed by atoms with E-state index in [-0.39, 0.29) is 29.1 Å². The van der Waals surface area contributed by atoms with Gasteiger partial charge in [0.15, 0.2) is 11.0 Å². The minimum absolute atomic E-state index is 0.0967. The first-order valence-electron chi connectivity index (χ1n) is 5.86. The Kier molecular flexibility index (Phi) is 5.46. The maximum absolute atomic E-state index is 11.9. The van der Waals surface area contributed by atoms with Crippen molar-refractivity contribution >= 4 is 46.7 Å². The number of thioether (sulfide) groups is 1. The van der Waals surface area contributed by atoms with Crippen LogP contribution >= 0.6 is 35.0 Å². The van der Waals surface area contributed by atoms with Crippen LogP contribution in [-0.4, -0.2) is 31.3 Å². The molecule has 2 rings (SSSR count). The standard InChI is InChI=1S/C12H12Cl2N4O2S/c1-18-8(5-19)4-16-12(18)21-6-10(20)17-11-9(14)2-7(13)3-15-11/h2-4,19H,5-6H2,1H3,(H,15,17,20). The predicted octanol–water partition coefficient (Wildman–Crippen LogP) is 2.34. The Morgan fingerprint density at radius 2 is 2.19 bits per heavy atom. The lowest BCUT2D eigenvalue weighted by atomic mass is 10.4. The molecule has 21 heavy (non-hydrogen) atoms. The Balaban J connectivity index is 1.94. The van der Waals surface area contributed by atoms with Gasteiger partial charge in [0, 0.05) is 13.2 Å². The van der Waals surface area contributed by atoms with Gasteiger partial charge in [0.1, 0.15) is 0 Å². The SMILES string of the molecule is Cn1c(CO)cnc1SCC(=O)Nc1ncc(Cl)cc1Cl. The van der Waals surface area contributed by atoms with E-state index in [1.807, 2.05) is 0 Å². The van der Waals surface area contributed by atoms with Crippen LogP contribution in [0.3, 0.4) is 0 Å². The fourth-order valence-corrected chi connectivity index (χ4v) is 2.71. The summed E-state index contributed by atoms with van der Waals surface area (Å²) >= 11 is 12.9. The van der Waals surface area contributed by atoms with Crippen LogP contribution in [0.5, 0.6) is 0 Å². The van der Waals surface area contributed by atoms with Gasteiger partial charge in [-0.2, -0.15) is 0 Å². The molecule has 0 saturated heterocycles. The van der Waals surface area contributed by atoms with Crippen LogP contribution in [0.4, 0.5) is 5.82 Å². The number of carbonyl (C=O) groups excluding carboxylic acids is 1. The van der Waals surface area contributed by atoms with Gasteiger partial charge in [-0.25, -0.2) is 9.97 Å². The number of rotatable bonds is 5. The van der Waals surface area contributed by atoms with E-state index in [1.165, 1.54) is 24.0 Å². The van der Waals surface area contributed by atoms with E-state index in [1.54, 1.807) is 17.8 Å². The average Bonchev–Trinajstić information content (AvgIpc) is 2.80. The topological polar surface area (TPSA) is 80.0 Å². The molecule has 0 fully saturated rings. The number of nitrogens with one attached hydrogen (secondary N) is 1. The number of amides is 1. The third kappa shape index (κ3) is 4.10. The van der Waals surface area contributed by atoms with E-state index in [0.29, 0.717) is 15.9 Å². The molecule has 0 bridgehead atoms. The van der Waals surface area contributed by atoms with Crippen LogP contribution in [0.25, 0.3) is 0 Å². The fraction of sp³-hybridized carbons (Fsp3) is 0.250. The van der Waals surface area contributed by atoms with Gasteiger partial charge in [-0.1, -0.05) is 35.0 Å². The van der Waals surface area contributed by atoms with Crippen molar-refractivity contribution < 1.29 is 9.90 Å². The van der Waals surface area contributed by atoms with Crippen molar-refractivity contribution in [2.75, 3.05) is 11.1 Å². The van der Waals surface area contributed by atoms with Gasteiger partial charge >= 0.3 is 0 Å². The van der Waals surface area contributed by atoms with Gasteiger partial charge in [-0.05, 0) is 6.07 Å². The molecule has 9 heteroatoms. The van der Waals surface area contributed by atoms with Crippen LogP contribution < -0.4 is 5.32 Å². The van der Waals surface area contributed by atoms with Crippen LogP contribution in [0.2, 0.25) is 10.0 Å². The number of nitrogens with zero attached hydrogens (tertiary/aromatic N) is 3. The molecule has 2 aromatic rings. The number of carbonyl (C=O) groups is 1. The summed E-state index contributed by atoms with van der Waals surface area (Å²) in [6.45, 7) is -0.0967. The van der Waals surface area contributed by atoms with Crippen molar-refractivity contribution in [3.8, 4) is 0 Å². The first kappa shape index (κ1) is 16.1. The summed E-state index contributed by atoms with van der Waals surface area (Å²) in [5.41, 5.74) is 0.681. The Bertz CT molecular complexity index is 663. The Hall–Kier alpha value is -1.28. The summed E-state index contributed by atoms with van der Waals surface area (Å²) in [5.74, 6) is 0.156. The van der Waals surface area contributed by atoms with Gasteiger partial charge in [-0.15, -0.1) is 0 Å². The maximum atomic E-state index is 11.9. The molecule has 1 amide bonds. The zero-order valence-electron chi connectivity index (χ0n) is 11.0. The van der Waals surface area contributed by atoms with E-state index in [0.717, 1.165) is 0 Å². The molecule has 112 valence electrons. The molecular weight excluding hydrogens is 335 g/mol. The molecule has 0 atom stereocenters. The lowest BCUT2D eigenvalue weighted by Gasteiger charge is -2.06. The number of halogens is 2. The normalized spacial score (nSPS) is 10.7. The predicted molar refractivity (Wildman–Crippen MR) is 82.7 cm³/mol. The fourth-order valence-electron chi connectivity index (χ4n) is 1.51. The van der Waals surface area contributed by atoms with Crippen LogP contribution in [0.15, 0.2) is 23.6 Å². The second-order valence-corrected chi connectivity index (χ2v) is 5.86. The highest BCUT2D eigenvalue weighted by Crippen LogP contribution is 2.23. The molecule has 6 nitrogen and oxygen atoms in total. The third-order valence-corrected chi connectivity index (χ3v) is 4.14. The van der Waals surface area contributed by atoms with Crippen LogP contribution in [0, 0.1) is 0 Å². The van der Waals surface area contributed by atoms with Crippen molar-refractivity contribution in [3.05, 3.63) is 34.2 Å². The van der Waals surface area contributed by atoms with Gasteiger partial charge in [0.05, 0.1) is 34.3 Å². The minimum atomic E-state index is -0.259. The Labute approximate surface area is 135 Å². The van der Waals surface area contributed by atoms with Crippen molar-refractivity contribution in [1.82, 2.24) is 14.5 Å². The average molecular weight is 347 g/mol. The summed E-state index contributed by atoms with van der Waals surface area (Å²) < 4.78 is 1.73. The molecule has 0 spiro atoms. The van der Waals surface area contributed by atoms with Crippen molar-refractivity contribution in [1.29, 1.82) is 0 Å². The molecule has 2 aromatic heterocycles. The lowest BCUT2D eigenvalue weighted by Crippen LogP contribution is -2.15. The van der Waals surface area contributed by atoms with Gasteiger partial charge in [-0.3, -0.25) is 4.79 Å². The molecule has 0 aliphatic rings. The molecule has 0 unspecified atom stereocenters. The van der Waals surface area contributed by atoms with Gasteiger partial charge in [0.2, 0.25) is 5.91 Å². The van der Waals surface area contributed by atoms with Gasteiger partial charge < -0.3 is 15.0 Å². The smallest absolute Gasteiger partial charge is 0.236 e. The number of aliphatic hydroxyl groups excluding tert-OH is 1. The molecular formula is C12H12Cl2N4O2S. The Morgan fingerprint density at radius 1 is 1.43 bits per heavy atom. The number of pyridine rings is 1. The van der Waals surface area contributed by atoms with Crippen molar-refractivity contribution in [3.63, 3.8) is 0 Å². The highest BCUT2D eigenvalue weighted by atomic mass is 35.5. The summed E-state index contributed by atoms with van der Waals surface area (Å²) in [4.78, 5) is 19.9. The number of aromatic nitrogens is 3. The van der Waals surface area contributed by atoms with E-state index >= 15 is 0 Å². The third-order valence-electron chi connectivity index (χ3n) is 2.60. The van der Waals surface area contributed by atoms with Crippen LogP contribution in [-0.2, 0) is 18.4 Å². The largest absolute Gasteiger partial charge is 0.390 e. The maximum Gasteiger partial charge on any atom is 0.236 e.